The van der Waals surface area contributed by atoms with E-state index in [0.29, 0.717) is 18.1 Å². The minimum absolute atomic E-state index is 0.167. The molecule has 0 aliphatic carbocycles. The molecule has 6 heteroatoms. The maximum atomic E-state index is 11.6. The predicted octanol–water partition coefficient (Wildman–Crippen LogP) is 1.68. The molecule has 0 aromatic heterocycles. The van der Waals surface area contributed by atoms with Gasteiger partial charge in [-0.1, -0.05) is 32.0 Å². The Morgan fingerprint density at radius 1 is 1.43 bits per heavy atom. The molecule has 1 aromatic rings. The molecule has 1 amide bonds. The fourth-order valence-electron chi connectivity index (χ4n) is 3.51. The Kier molecular flexibility index (Phi) is 5.98. The van der Waals surface area contributed by atoms with Crippen molar-refractivity contribution in [1.29, 1.82) is 0 Å². The molecule has 23 heavy (non-hydrogen) atoms. The second-order valence-electron chi connectivity index (χ2n) is 6.94. The van der Waals surface area contributed by atoms with Gasteiger partial charge in [0.1, 0.15) is 5.75 Å². The third-order valence-electron chi connectivity index (χ3n) is 4.35. The van der Waals surface area contributed by atoms with Crippen LogP contribution in [0.15, 0.2) is 24.3 Å². The lowest BCUT2D eigenvalue weighted by Gasteiger charge is -2.29. The van der Waals surface area contributed by atoms with Crippen LogP contribution in [0, 0.1) is 11.3 Å². The summed E-state index contributed by atoms with van der Waals surface area (Å²) in [5.74, 6) is 0.455. The Labute approximate surface area is 137 Å². The van der Waals surface area contributed by atoms with Gasteiger partial charge in [0.15, 0.2) is 0 Å². The van der Waals surface area contributed by atoms with E-state index in [0.717, 1.165) is 38.0 Å². The zero-order chi connectivity index (χ0) is 16.9. The number of hydrazine groups is 1. The van der Waals surface area contributed by atoms with Crippen molar-refractivity contribution in [1.82, 2.24) is 15.9 Å². The SMILES string of the molecule is CC(C)CC1(CC(=O)NO)CNN(CCc2ccccc2O)C1. The number of hydrogen-bond acceptors (Lipinski definition) is 5. The standard InChI is InChI=1S/C17H27N3O3/c1-13(2)9-17(10-16(22)19-23)11-18-20(12-17)8-7-14-5-3-4-6-15(14)21/h3-6,13,18,21,23H,7-12H2,1-2H3,(H,19,22). The Balaban J connectivity index is 1.95. The highest BCUT2D eigenvalue weighted by Gasteiger charge is 2.40. The van der Waals surface area contributed by atoms with E-state index in [4.69, 9.17) is 5.21 Å². The molecule has 1 heterocycles. The quantitative estimate of drug-likeness (QED) is 0.454. The molecule has 1 unspecified atom stereocenters. The second-order valence-corrected chi connectivity index (χ2v) is 6.94. The highest BCUT2D eigenvalue weighted by Crippen LogP contribution is 2.34. The van der Waals surface area contributed by atoms with Crippen LogP contribution in [0.25, 0.3) is 0 Å². The Morgan fingerprint density at radius 2 is 2.17 bits per heavy atom. The highest BCUT2D eigenvalue weighted by molar-refractivity contribution is 5.75. The average molecular weight is 321 g/mol. The summed E-state index contributed by atoms with van der Waals surface area (Å²) in [7, 11) is 0. The molecule has 6 nitrogen and oxygen atoms in total. The summed E-state index contributed by atoms with van der Waals surface area (Å²) in [6.45, 7) is 6.52. The Bertz CT molecular complexity index is 536. The lowest BCUT2D eigenvalue weighted by molar-refractivity contribution is -0.131. The molecular weight excluding hydrogens is 294 g/mol. The van der Waals surface area contributed by atoms with E-state index in [1.807, 2.05) is 18.2 Å². The first-order valence-corrected chi connectivity index (χ1v) is 8.12. The van der Waals surface area contributed by atoms with Gasteiger partial charge in [0, 0.05) is 31.5 Å². The van der Waals surface area contributed by atoms with Crippen LogP contribution in [0.2, 0.25) is 0 Å². The van der Waals surface area contributed by atoms with Crippen molar-refractivity contribution in [3.05, 3.63) is 29.8 Å². The third-order valence-corrected chi connectivity index (χ3v) is 4.35. The van der Waals surface area contributed by atoms with Crippen LogP contribution >= 0.6 is 0 Å². The summed E-state index contributed by atoms with van der Waals surface area (Å²) < 4.78 is 0. The van der Waals surface area contributed by atoms with Crippen molar-refractivity contribution < 1.29 is 15.1 Å². The predicted molar refractivity (Wildman–Crippen MR) is 87.8 cm³/mol. The van der Waals surface area contributed by atoms with Crippen LogP contribution < -0.4 is 10.9 Å². The van der Waals surface area contributed by atoms with E-state index in [1.165, 1.54) is 0 Å². The number of nitrogens with zero attached hydrogens (tertiary/aromatic N) is 1. The van der Waals surface area contributed by atoms with Crippen LogP contribution in [0.3, 0.4) is 0 Å². The van der Waals surface area contributed by atoms with Crippen molar-refractivity contribution in [3.63, 3.8) is 0 Å². The molecule has 0 bridgehead atoms. The first kappa shape index (κ1) is 17.7. The van der Waals surface area contributed by atoms with Gasteiger partial charge < -0.3 is 5.11 Å². The van der Waals surface area contributed by atoms with Gasteiger partial charge in [0.2, 0.25) is 5.91 Å². The van der Waals surface area contributed by atoms with Crippen LogP contribution in [0.4, 0.5) is 0 Å². The van der Waals surface area contributed by atoms with Crippen LogP contribution in [0.1, 0.15) is 32.3 Å². The minimum Gasteiger partial charge on any atom is -0.508 e. The van der Waals surface area contributed by atoms with Crippen molar-refractivity contribution in [3.8, 4) is 5.75 Å². The minimum atomic E-state index is -0.338. The number of phenolic OH excluding ortho intramolecular Hbond substituents is 1. The van der Waals surface area contributed by atoms with Gasteiger partial charge in [0.25, 0.3) is 0 Å². The van der Waals surface area contributed by atoms with Crippen LogP contribution in [-0.2, 0) is 11.2 Å². The number of aromatic hydroxyl groups is 1. The topological polar surface area (TPSA) is 84.8 Å². The lowest BCUT2D eigenvalue weighted by Crippen LogP contribution is -2.36. The molecule has 128 valence electrons. The number of rotatable bonds is 7. The highest BCUT2D eigenvalue weighted by atomic mass is 16.5. The Hall–Kier alpha value is -1.63. The van der Waals surface area contributed by atoms with Gasteiger partial charge in [-0.2, -0.15) is 0 Å². The smallest absolute Gasteiger partial charge is 0.243 e. The number of hydrogen-bond donors (Lipinski definition) is 4. The third kappa shape index (κ3) is 4.92. The molecule has 4 N–H and O–H groups in total. The fraction of sp³-hybridized carbons (Fsp3) is 0.588. The molecule has 1 atom stereocenters. The van der Waals surface area contributed by atoms with Crippen LogP contribution in [-0.4, -0.2) is 40.9 Å². The molecule has 1 fully saturated rings. The lowest BCUT2D eigenvalue weighted by atomic mass is 9.78. The zero-order valence-electron chi connectivity index (χ0n) is 13.9. The normalized spacial score (nSPS) is 21.7. The summed E-state index contributed by atoms with van der Waals surface area (Å²) in [6.07, 6.45) is 1.96. The first-order chi connectivity index (χ1) is 10.9. The molecule has 0 spiro atoms. The van der Waals surface area contributed by atoms with Gasteiger partial charge in [-0.15, -0.1) is 0 Å². The molecule has 0 saturated carbocycles. The number of benzene rings is 1. The number of carbonyl (C=O) groups is 1. The van der Waals surface area contributed by atoms with Crippen molar-refractivity contribution in [2.24, 2.45) is 11.3 Å². The van der Waals surface area contributed by atoms with Gasteiger partial charge in [-0.3, -0.25) is 15.4 Å². The molecule has 1 aromatic carbocycles. The first-order valence-electron chi connectivity index (χ1n) is 8.12. The second kappa shape index (κ2) is 7.77. The van der Waals surface area contributed by atoms with Crippen LogP contribution in [0.5, 0.6) is 5.75 Å². The van der Waals surface area contributed by atoms with E-state index in [-0.39, 0.29) is 11.3 Å². The molecule has 0 radical (unpaired) electrons. The van der Waals surface area contributed by atoms with E-state index in [2.05, 4.69) is 24.3 Å². The molecule has 2 rings (SSSR count). The average Bonchev–Trinajstić information content (AvgIpc) is 2.88. The fourth-order valence-corrected chi connectivity index (χ4v) is 3.51. The summed E-state index contributed by atoms with van der Waals surface area (Å²) in [4.78, 5) is 11.6. The maximum absolute atomic E-state index is 11.6. The molecule has 1 aliphatic heterocycles. The van der Waals surface area contributed by atoms with E-state index in [1.54, 1.807) is 11.5 Å². The van der Waals surface area contributed by atoms with E-state index >= 15 is 0 Å². The number of para-hydroxylation sites is 1. The number of nitrogens with one attached hydrogen (secondary N) is 2. The summed E-state index contributed by atoms with van der Waals surface area (Å²) in [5.41, 5.74) is 5.87. The van der Waals surface area contributed by atoms with Gasteiger partial charge >= 0.3 is 0 Å². The summed E-state index contributed by atoms with van der Waals surface area (Å²) in [6, 6.07) is 7.35. The van der Waals surface area contributed by atoms with Gasteiger partial charge in [-0.05, 0) is 30.4 Å². The molecule has 1 saturated heterocycles. The van der Waals surface area contributed by atoms with Crippen molar-refractivity contribution in [2.45, 2.75) is 33.1 Å². The maximum Gasteiger partial charge on any atom is 0.243 e. The molecular formula is C17H27N3O3. The molecule has 1 aliphatic rings. The number of carbonyl (C=O) groups excluding carboxylic acids is 1. The van der Waals surface area contributed by atoms with Crippen molar-refractivity contribution in [2.75, 3.05) is 19.6 Å². The monoisotopic (exact) mass is 321 g/mol. The van der Waals surface area contributed by atoms with Crippen molar-refractivity contribution >= 4 is 5.91 Å². The summed E-state index contributed by atoms with van der Waals surface area (Å²) >= 11 is 0. The largest absolute Gasteiger partial charge is 0.508 e. The Morgan fingerprint density at radius 3 is 2.83 bits per heavy atom. The van der Waals surface area contributed by atoms with E-state index in [9.17, 15) is 9.90 Å². The van der Waals surface area contributed by atoms with E-state index < -0.39 is 0 Å². The van der Waals surface area contributed by atoms with Gasteiger partial charge in [0.05, 0.1) is 0 Å². The summed E-state index contributed by atoms with van der Waals surface area (Å²) in [5, 5.41) is 20.8. The zero-order valence-corrected chi connectivity index (χ0v) is 13.9. The number of hydroxylamine groups is 1. The number of phenols is 1. The number of amides is 1. The van der Waals surface area contributed by atoms with Gasteiger partial charge in [-0.25, -0.2) is 10.5 Å².